The van der Waals surface area contributed by atoms with Crippen molar-refractivity contribution in [3.63, 3.8) is 0 Å². The van der Waals surface area contributed by atoms with Crippen LogP contribution in [0.4, 0.5) is 0 Å². The molecule has 2 aromatic carbocycles. The van der Waals surface area contributed by atoms with Gasteiger partial charge in [0.1, 0.15) is 0 Å². The third kappa shape index (κ3) is 7.58. The van der Waals surface area contributed by atoms with Gasteiger partial charge in [0, 0.05) is 40.5 Å². The molecule has 0 saturated heterocycles. The molecule has 10 heteroatoms. The second kappa shape index (κ2) is 13.8. The largest absolute Gasteiger partial charge is 0.805 e. The molecule has 0 unspecified atom stereocenters. The van der Waals surface area contributed by atoms with Crippen LogP contribution in [0.3, 0.4) is 0 Å². The molecule has 2 aromatic heterocycles. The number of phenolic OH excluding ortho intramolecular Hbond substituents is 2. The van der Waals surface area contributed by atoms with Crippen LogP contribution in [0.1, 0.15) is 36.1 Å². The molecule has 0 spiro atoms. The van der Waals surface area contributed by atoms with Crippen molar-refractivity contribution in [3.8, 4) is 23.0 Å². The Kier molecular flexibility index (Phi) is 9.69. The minimum Gasteiger partial charge on any atom is -0.504 e. The molecule has 0 atom stereocenters. The summed E-state index contributed by atoms with van der Waals surface area (Å²) in [5, 5.41) is 20.1. The molecular formula is C30H28N2O7P+. The molecule has 0 aliphatic heterocycles. The van der Waals surface area contributed by atoms with E-state index in [-0.39, 0.29) is 23.0 Å². The van der Waals surface area contributed by atoms with E-state index in [1.54, 1.807) is 85.5 Å². The van der Waals surface area contributed by atoms with Crippen molar-refractivity contribution in [2.24, 2.45) is 0 Å². The maximum atomic E-state index is 13.3. The highest BCUT2D eigenvalue weighted by Gasteiger charge is 2.29. The summed E-state index contributed by atoms with van der Waals surface area (Å²) >= 11 is 0. The summed E-state index contributed by atoms with van der Waals surface area (Å²) in [5.41, 5.74) is 2.40. The van der Waals surface area contributed by atoms with E-state index in [0.29, 0.717) is 47.0 Å². The fourth-order valence-electron chi connectivity index (χ4n) is 3.61. The fraction of sp³-hybridized carbons (Fsp3) is 0.133. The topological polar surface area (TPSA) is 120 Å². The Morgan fingerprint density at radius 1 is 0.750 bits per heavy atom. The number of ether oxygens (including phenoxy) is 2. The number of aromatic nitrogens is 2. The lowest BCUT2D eigenvalue weighted by Crippen LogP contribution is -1.94. The zero-order valence-electron chi connectivity index (χ0n) is 21.9. The van der Waals surface area contributed by atoms with Crippen LogP contribution in [-0.2, 0) is 13.6 Å². The molecule has 0 saturated carbocycles. The first kappa shape index (κ1) is 28.1. The zero-order chi connectivity index (χ0) is 28.3. The van der Waals surface area contributed by atoms with Gasteiger partial charge >= 0.3 is 8.25 Å². The number of hydrogen-bond donors (Lipinski definition) is 2. The van der Waals surface area contributed by atoms with Gasteiger partial charge in [0.25, 0.3) is 0 Å². The Balaban J connectivity index is 1.66. The summed E-state index contributed by atoms with van der Waals surface area (Å²) in [5.74, 6) is 1.09. The van der Waals surface area contributed by atoms with E-state index < -0.39 is 8.25 Å². The van der Waals surface area contributed by atoms with Crippen LogP contribution in [0, 0.1) is 0 Å². The van der Waals surface area contributed by atoms with Crippen molar-refractivity contribution in [2.45, 2.75) is 13.8 Å². The van der Waals surface area contributed by atoms with Crippen molar-refractivity contribution in [1.29, 1.82) is 0 Å². The van der Waals surface area contributed by atoms with Gasteiger partial charge in [-0.2, -0.15) is 0 Å². The highest BCUT2D eigenvalue weighted by Crippen LogP contribution is 2.40. The van der Waals surface area contributed by atoms with Gasteiger partial charge in [0.05, 0.1) is 13.2 Å². The molecule has 0 radical (unpaired) electrons. The number of nitrogens with zero attached hydrogens (tertiary/aromatic N) is 2. The first-order valence-electron chi connectivity index (χ1n) is 12.5. The molecule has 40 heavy (non-hydrogen) atoms. The summed E-state index contributed by atoms with van der Waals surface area (Å²) < 4.78 is 35.9. The van der Waals surface area contributed by atoms with Crippen molar-refractivity contribution in [1.82, 2.24) is 9.97 Å². The molecule has 9 nitrogen and oxygen atoms in total. The average molecular weight is 560 g/mol. The normalized spacial score (nSPS) is 11.6. The van der Waals surface area contributed by atoms with Gasteiger partial charge in [-0.05, 0) is 85.7 Å². The number of benzene rings is 2. The molecule has 4 aromatic rings. The molecule has 0 fully saturated rings. The van der Waals surface area contributed by atoms with Gasteiger partial charge < -0.3 is 19.7 Å². The number of pyridine rings is 2. The fourth-order valence-corrected chi connectivity index (χ4v) is 4.28. The van der Waals surface area contributed by atoms with Crippen LogP contribution in [0.5, 0.6) is 23.0 Å². The third-order valence-electron chi connectivity index (χ3n) is 5.40. The zero-order valence-corrected chi connectivity index (χ0v) is 22.8. The van der Waals surface area contributed by atoms with Gasteiger partial charge in [0.15, 0.2) is 34.5 Å². The van der Waals surface area contributed by atoms with Crippen LogP contribution < -0.4 is 9.47 Å². The molecule has 0 bridgehead atoms. The SMILES string of the molecule is CCOc1cc(/C=C(/O[P+](=O)O/C(=C/c2ccc(O)c(OCC)c2)c2cccnc2)c2cccnc2)ccc1O. The lowest BCUT2D eigenvalue weighted by molar-refractivity contribution is 0.318. The molecule has 204 valence electrons. The molecule has 2 N–H and O–H groups in total. The van der Waals surface area contributed by atoms with Crippen LogP contribution in [0.25, 0.3) is 23.7 Å². The molecule has 0 aliphatic rings. The molecule has 0 amide bonds. The maximum Gasteiger partial charge on any atom is 0.805 e. The summed E-state index contributed by atoms with van der Waals surface area (Å²) in [6.45, 7) is 4.39. The van der Waals surface area contributed by atoms with Crippen molar-refractivity contribution < 1.29 is 33.3 Å². The smallest absolute Gasteiger partial charge is 0.504 e. The number of hydrogen-bond acceptors (Lipinski definition) is 9. The van der Waals surface area contributed by atoms with E-state index in [1.165, 1.54) is 12.1 Å². The second-order valence-corrected chi connectivity index (χ2v) is 9.04. The van der Waals surface area contributed by atoms with Gasteiger partial charge in [-0.3, -0.25) is 9.97 Å². The summed E-state index contributed by atoms with van der Waals surface area (Å²) in [6, 6.07) is 16.6. The minimum atomic E-state index is -2.74. The molecule has 2 heterocycles. The van der Waals surface area contributed by atoms with E-state index >= 15 is 0 Å². The second-order valence-electron chi connectivity index (χ2n) is 8.23. The first-order chi connectivity index (χ1) is 19.5. The van der Waals surface area contributed by atoms with E-state index in [9.17, 15) is 14.8 Å². The van der Waals surface area contributed by atoms with E-state index in [1.807, 2.05) is 13.8 Å². The highest BCUT2D eigenvalue weighted by atomic mass is 31.1. The van der Waals surface area contributed by atoms with Crippen molar-refractivity contribution in [2.75, 3.05) is 13.2 Å². The van der Waals surface area contributed by atoms with Crippen LogP contribution in [0.15, 0.2) is 85.5 Å². The number of phenols is 2. The van der Waals surface area contributed by atoms with Crippen LogP contribution in [0.2, 0.25) is 0 Å². The molecular weight excluding hydrogens is 531 g/mol. The van der Waals surface area contributed by atoms with Gasteiger partial charge in [0.2, 0.25) is 0 Å². The third-order valence-corrected chi connectivity index (χ3v) is 6.09. The summed E-state index contributed by atoms with van der Waals surface area (Å²) in [6.07, 6.45) is 9.67. The highest BCUT2D eigenvalue weighted by molar-refractivity contribution is 7.34. The Bertz CT molecular complexity index is 1400. The van der Waals surface area contributed by atoms with Crippen molar-refractivity contribution >= 4 is 31.9 Å². The van der Waals surface area contributed by atoms with E-state index in [0.717, 1.165) is 0 Å². The predicted molar refractivity (Wildman–Crippen MR) is 153 cm³/mol. The van der Waals surface area contributed by atoms with Crippen molar-refractivity contribution in [3.05, 3.63) is 108 Å². The van der Waals surface area contributed by atoms with E-state index in [2.05, 4.69) is 9.97 Å². The maximum absolute atomic E-state index is 13.3. The van der Waals surface area contributed by atoms with Gasteiger partial charge in [-0.15, -0.1) is 0 Å². The lowest BCUT2D eigenvalue weighted by atomic mass is 10.1. The molecule has 4 rings (SSSR count). The Hall–Kier alpha value is -4.88. The lowest BCUT2D eigenvalue weighted by Gasteiger charge is -2.08. The number of aromatic hydroxyl groups is 2. The summed E-state index contributed by atoms with van der Waals surface area (Å²) in [7, 11) is -2.74. The first-order valence-corrected chi connectivity index (χ1v) is 13.6. The Labute approximate surface area is 233 Å². The van der Waals surface area contributed by atoms with Crippen LogP contribution in [-0.4, -0.2) is 33.4 Å². The Morgan fingerprint density at radius 3 is 1.57 bits per heavy atom. The number of rotatable bonds is 12. The quantitative estimate of drug-likeness (QED) is 0.139. The van der Waals surface area contributed by atoms with E-state index in [4.69, 9.17) is 18.5 Å². The monoisotopic (exact) mass is 559 g/mol. The Morgan fingerprint density at radius 2 is 1.20 bits per heavy atom. The minimum absolute atomic E-state index is 0.00484. The molecule has 0 aliphatic carbocycles. The van der Waals surface area contributed by atoms with Crippen LogP contribution >= 0.6 is 8.25 Å². The average Bonchev–Trinajstić information content (AvgIpc) is 2.97. The standard InChI is InChI=1S/C30H27N2O7P/c1-3-36-29-17-21(9-11-25(29)33)15-27(23-7-5-13-31-19-23)38-40(35)39-28(24-8-6-14-32-20-24)16-22-10-12-26(34)30(18-22)37-4-2/h5-20H,3-4H2,1-2H3,(H-,33,34)/p+1/b27-15+,28-16+. The van der Waals surface area contributed by atoms with Gasteiger partial charge in [-0.25, -0.2) is 9.05 Å². The van der Waals surface area contributed by atoms with Gasteiger partial charge in [-0.1, -0.05) is 12.1 Å². The summed E-state index contributed by atoms with van der Waals surface area (Å²) in [4.78, 5) is 8.27. The predicted octanol–water partition coefficient (Wildman–Crippen LogP) is 7.07.